The minimum absolute atomic E-state index is 0.0340. The standard InChI is InChI=1S/C35H54O5/c1-20(2)29-24-12-15-34(9)28(32(24,7)14-13-27(29)40-23(6)37)11-10-25-31-30(21(3)4)26(38)18-35(31,19-39-22(5)36)17-16-33(25,34)8/h20-21,24-25,27-29H,10-19H2,1-9H3. The van der Waals surface area contributed by atoms with Crippen LogP contribution in [0.25, 0.3) is 0 Å². The van der Waals surface area contributed by atoms with Crippen LogP contribution < -0.4 is 0 Å². The third kappa shape index (κ3) is 4.17. The van der Waals surface area contributed by atoms with Crippen molar-refractivity contribution in [3.63, 3.8) is 0 Å². The number of hydrogen-bond acceptors (Lipinski definition) is 5. The first-order chi connectivity index (χ1) is 18.6. The average molecular weight is 555 g/mol. The molecule has 0 amide bonds. The number of fused-ring (bicyclic) bond motifs is 7. The lowest BCUT2D eigenvalue weighted by Crippen LogP contribution is -2.65. The Hall–Kier alpha value is -1.65. The van der Waals surface area contributed by atoms with E-state index in [2.05, 4.69) is 48.5 Å². The average Bonchev–Trinajstić information content (AvgIpc) is 3.15. The second-order valence-electron chi connectivity index (χ2n) is 15.8. The Morgan fingerprint density at radius 3 is 2.17 bits per heavy atom. The number of ketones is 1. The molecule has 0 spiro atoms. The van der Waals surface area contributed by atoms with Crippen molar-refractivity contribution in [1.29, 1.82) is 0 Å². The van der Waals surface area contributed by atoms with Gasteiger partial charge in [0, 0.05) is 31.6 Å². The Balaban J connectivity index is 1.54. The summed E-state index contributed by atoms with van der Waals surface area (Å²) in [6, 6.07) is 0. The summed E-state index contributed by atoms with van der Waals surface area (Å²) in [5, 5.41) is 0. The maximum atomic E-state index is 13.6. The van der Waals surface area contributed by atoms with Crippen LogP contribution in [0.2, 0.25) is 0 Å². The van der Waals surface area contributed by atoms with Gasteiger partial charge in [-0.1, -0.05) is 48.5 Å². The molecular weight excluding hydrogens is 500 g/mol. The molecule has 5 heteroatoms. The summed E-state index contributed by atoms with van der Waals surface area (Å²) in [5.74, 6) is 2.49. The third-order valence-corrected chi connectivity index (χ3v) is 13.4. The van der Waals surface area contributed by atoms with E-state index in [1.807, 2.05) is 0 Å². The van der Waals surface area contributed by atoms with Crippen LogP contribution in [-0.4, -0.2) is 30.4 Å². The smallest absolute Gasteiger partial charge is 0.302 e. The summed E-state index contributed by atoms with van der Waals surface area (Å²) in [6.07, 6.45) is 9.29. The molecule has 4 saturated carbocycles. The highest BCUT2D eigenvalue weighted by atomic mass is 16.5. The molecule has 0 aromatic rings. The van der Waals surface area contributed by atoms with Gasteiger partial charge in [0.25, 0.3) is 0 Å². The summed E-state index contributed by atoms with van der Waals surface area (Å²) in [7, 11) is 0. The number of esters is 2. The highest BCUT2D eigenvalue weighted by Crippen LogP contribution is 2.76. The molecule has 5 rings (SSSR count). The molecule has 0 heterocycles. The van der Waals surface area contributed by atoms with Gasteiger partial charge < -0.3 is 9.47 Å². The van der Waals surface area contributed by atoms with Crippen molar-refractivity contribution in [1.82, 2.24) is 0 Å². The van der Waals surface area contributed by atoms with E-state index >= 15 is 0 Å². The second-order valence-corrected chi connectivity index (χ2v) is 15.8. The van der Waals surface area contributed by atoms with Gasteiger partial charge in [0.05, 0.1) is 0 Å². The molecule has 9 atom stereocenters. The number of Topliss-reactive ketones (excluding diaryl/α,β-unsaturated/α-hetero) is 1. The molecule has 5 aliphatic carbocycles. The molecule has 0 radical (unpaired) electrons. The zero-order valence-corrected chi connectivity index (χ0v) is 26.7. The van der Waals surface area contributed by atoms with Gasteiger partial charge in [-0.15, -0.1) is 0 Å². The van der Waals surface area contributed by atoms with Crippen LogP contribution in [0.4, 0.5) is 0 Å². The fourth-order valence-corrected chi connectivity index (χ4v) is 11.7. The van der Waals surface area contributed by atoms with Crippen LogP contribution in [0.3, 0.4) is 0 Å². The minimum atomic E-state index is -0.318. The quantitative estimate of drug-likeness (QED) is 0.326. The SMILES string of the molecule is CC(=O)OCC12CCC3(C)C(CCC4C5(C)CCC(OC(C)=O)C(C(C)C)C5CCC43C)C1=C(C(C)C)C(=O)C2. The Bertz CT molecular complexity index is 1100. The van der Waals surface area contributed by atoms with E-state index in [1.54, 1.807) is 6.92 Å². The van der Waals surface area contributed by atoms with Crippen molar-refractivity contribution in [3.8, 4) is 0 Å². The van der Waals surface area contributed by atoms with Crippen molar-refractivity contribution >= 4 is 17.7 Å². The number of hydrogen-bond donors (Lipinski definition) is 0. The fourth-order valence-electron chi connectivity index (χ4n) is 11.7. The first-order valence-corrected chi connectivity index (χ1v) is 16.2. The maximum Gasteiger partial charge on any atom is 0.302 e. The highest BCUT2D eigenvalue weighted by Gasteiger charge is 2.69. The van der Waals surface area contributed by atoms with Gasteiger partial charge in [0.2, 0.25) is 0 Å². The van der Waals surface area contributed by atoms with Gasteiger partial charge in [-0.05, 0) is 108 Å². The maximum absolute atomic E-state index is 13.6. The molecule has 0 saturated heterocycles. The Morgan fingerprint density at radius 2 is 1.57 bits per heavy atom. The monoisotopic (exact) mass is 554 g/mol. The van der Waals surface area contributed by atoms with Gasteiger partial charge in [0.1, 0.15) is 12.7 Å². The Labute approximate surface area is 242 Å². The molecule has 0 aromatic carbocycles. The van der Waals surface area contributed by atoms with Crippen LogP contribution in [0, 0.1) is 57.2 Å². The molecule has 0 bridgehead atoms. The van der Waals surface area contributed by atoms with E-state index < -0.39 is 0 Å². The Kier molecular flexibility index (Phi) is 7.44. The van der Waals surface area contributed by atoms with Crippen LogP contribution in [0.15, 0.2) is 11.1 Å². The number of rotatable bonds is 5. The highest BCUT2D eigenvalue weighted by molar-refractivity contribution is 6.00. The van der Waals surface area contributed by atoms with E-state index in [0.29, 0.717) is 42.6 Å². The molecule has 5 nitrogen and oxygen atoms in total. The molecule has 4 fully saturated rings. The normalized spacial score (nSPS) is 44.6. The van der Waals surface area contributed by atoms with Crippen molar-refractivity contribution in [2.75, 3.05) is 6.61 Å². The predicted molar refractivity (Wildman–Crippen MR) is 156 cm³/mol. The summed E-state index contributed by atoms with van der Waals surface area (Å²) in [4.78, 5) is 37.5. The van der Waals surface area contributed by atoms with Crippen molar-refractivity contribution in [3.05, 3.63) is 11.1 Å². The molecule has 224 valence electrons. The molecule has 40 heavy (non-hydrogen) atoms. The number of carbonyl (C=O) groups is 3. The van der Waals surface area contributed by atoms with Crippen molar-refractivity contribution in [2.24, 2.45) is 57.2 Å². The van der Waals surface area contributed by atoms with Crippen LogP contribution in [0.5, 0.6) is 0 Å². The fraction of sp³-hybridized carbons (Fsp3) is 0.857. The molecular formula is C35H54O5. The molecule has 5 aliphatic rings. The van der Waals surface area contributed by atoms with Gasteiger partial charge in [0.15, 0.2) is 5.78 Å². The van der Waals surface area contributed by atoms with Crippen LogP contribution in [-0.2, 0) is 23.9 Å². The molecule has 0 aromatic heterocycles. The molecule has 0 N–H and O–H groups in total. The number of ether oxygens (including phenoxy) is 2. The lowest BCUT2D eigenvalue weighted by Gasteiger charge is -2.71. The lowest BCUT2D eigenvalue weighted by atomic mass is 9.33. The zero-order valence-electron chi connectivity index (χ0n) is 26.7. The first kappa shape index (κ1) is 29.8. The number of carbonyl (C=O) groups excluding carboxylic acids is 3. The van der Waals surface area contributed by atoms with E-state index in [9.17, 15) is 14.4 Å². The second kappa shape index (κ2) is 9.97. The predicted octanol–water partition coefficient (Wildman–Crippen LogP) is 7.71. The Morgan fingerprint density at radius 1 is 0.875 bits per heavy atom. The zero-order chi connectivity index (χ0) is 29.4. The van der Waals surface area contributed by atoms with E-state index in [4.69, 9.17) is 9.47 Å². The summed E-state index contributed by atoms with van der Waals surface area (Å²) < 4.78 is 11.7. The van der Waals surface area contributed by atoms with Crippen LogP contribution >= 0.6 is 0 Å². The van der Waals surface area contributed by atoms with Crippen molar-refractivity contribution < 1.29 is 23.9 Å². The summed E-state index contributed by atoms with van der Waals surface area (Å²) in [5.41, 5.74) is 2.59. The largest absolute Gasteiger partial charge is 0.465 e. The summed E-state index contributed by atoms with van der Waals surface area (Å²) >= 11 is 0. The summed E-state index contributed by atoms with van der Waals surface area (Å²) in [6.45, 7) is 20.1. The van der Waals surface area contributed by atoms with Gasteiger partial charge >= 0.3 is 11.9 Å². The number of allylic oxidation sites excluding steroid dienone is 1. The van der Waals surface area contributed by atoms with Gasteiger partial charge in [-0.25, -0.2) is 0 Å². The molecule has 0 aliphatic heterocycles. The van der Waals surface area contributed by atoms with Crippen LogP contribution in [0.1, 0.15) is 120 Å². The lowest BCUT2D eigenvalue weighted by molar-refractivity contribution is -0.222. The van der Waals surface area contributed by atoms with E-state index in [1.165, 1.54) is 31.8 Å². The minimum Gasteiger partial charge on any atom is -0.465 e. The van der Waals surface area contributed by atoms with Gasteiger partial charge in [-0.3, -0.25) is 14.4 Å². The topological polar surface area (TPSA) is 69.7 Å². The first-order valence-electron chi connectivity index (χ1n) is 16.2. The van der Waals surface area contributed by atoms with E-state index in [0.717, 1.165) is 37.7 Å². The van der Waals surface area contributed by atoms with Crippen molar-refractivity contribution in [2.45, 2.75) is 126 Å². The third-order valence-electron chi connectivity index (χ3n) is 13.4. The van der Waals surface area contributed by atoms with E-state index in [-0.39, 0.29) is 51.4 Å². The molecule has 9 unspecified atom stereocenters. The van der Waals surface area contributed by atoms with Gasteiger partial charge in [-0.2, -0.15) is 0 Å².